The van der Waals surface area contributed by atoms with Crippen LogP contribution in [0.15, 0.2) is 30.5 Å². The summed E-state index contributed by atoms with van der Waals surface area (Å²) in [6, 6.07) is 4.11. The van der Waals surface area contributed by atoms with Crippen molar-refractivity contribution in [1.29, 1.82) is 0 Å². The third-order valence-electron chi connectivity index (χ3n) is 7.29. The van der Waals surface area contributed by atoms with Gasteiger partial charge >= 0.3 is 6.03 Å². The summed E-state index contributed by atoms with van der Waals surface area (Å²) in [7, 11) is 8.03. The third-order valence-corrected chi connectivity index (χ3v) is 7.66. The van der Waals surface area contributed by atoms with E-state index in [1.165, 1.54) is 24.4 Å². The number of fused-ring (bicyclic) bond motifs is 1. The molecule has 3 aromatic rings. The second-order valence-corrected chi connectivity index (χ2v) is 10.4. The van der Waals surface area contributed by atoms with Crippen molar-refractivity contribution in [2.75, 3.05) is 18.5 Å². The van der Waals surface area contributed by atoms with E-state index in [-0.39, 0.29) is 63.3 Å². The first-order chi connectivity index (χ1) is 17.8. The Labute approximate surface area is 225 Å². The molecule has 4 rings (SSSR count). The number of halogens is 3. The van der Waals surface area contributed by atoms with E-state index in [0.29, 0.717) is 0 Å². The van der Waals surface area contributed by atoms with Gasteiger partial charge in [0.05, 0.1) is 23.4 Å². The number of benzene rings is 2. The van der Waals surface area contributed by atoms with E-state index in [1.807, 2.05) is 31.4 Å². The molecular formula is C22H23B4ClF2N4O5. The minimum Gasteiger partial charge on any atom is -0.490 e. The minimum absolute atomic E-state index is 0.0447. The van der Waals surface area contributed by atoms with Gasteiger partial charge in [-0.3, -0.25) is 9.78 Å². The molecule has 0 radical (unpaired) electrons. The van der Waals surface area contributed by atoms with E-state index >= 15 is 8.78 Å². The van der Waals surface area contributed by atoms with Crippen molar-refractivity contribution >= 4 is 71.5 Å². The molecule has 2 aromatic carbocycles. The van der Waals surface area contributed by atoms with Gasteiger partial charge in [0, 0.05) is 29.8 Å². The Hall–Kier alpha value is -3.44. The highest BCUT2D eigenvalue weighted by atomic mass is 35.5. The second kappa shape index (κ2) is 10.0. The molecule has 9 nitrogen and oxygen atoms in total. The van der Waals surface area contributed by atoms with Crippen LogP contribution in [0.4, 0.5) is 19.3 Å². The van der Waals surface area contributed by atoms with Gasteiger partial charge in [-0.15, -0.1) is 0 Å². The predicted molar refractivity (Wildman–Crippen MR) is 150 cm³/mol. The van der Waals surface area contributed by atoms with Crippen molar-refractivity contribution in [2.45, 2.75) is 16.5 Å². The highest BCUT2D eigenvalue weighted by molar-refractivity contribution is 6.61. The lowest BCUT2D eigenvalue weighted by molar-refractivity contribution is 0.0994. The van der Waals surface area contributed by atoms with Crippen molar-refractivity contribution in [2.24, 2.45) is 5.73 Å². The van der Waals surface area contributed by atoms with E-state index < -0.39 is 34.3 Å². The number of urea groups is 1. The zero-order valence-corrected chi connectivity index (χ0v) is 21.9. The Balaban J connectivity index is 1.63. The van der Waals surface area contributed by atoms with Gasteiger partial charge in [0.1, 0.15) is 54.5 Å². The molecule has 0 atom stereocenters. The van der Waals surface area contributed by atoms with Gasteiger partial charge in [0.2, 0.25) is 0 Å². The molecule has 1 aliphatic rings. The van der Waals surface area contributed by atoms with Crippen LogP contribution in [-0.4, -0.2) is 72.7 Å². The van der Waals surface area contributed by atoms with Gasteiger partial charge in [-0.2, -0.15) is 0 Å². The molecule has 1 aromatic heterocycles. The van der Waals surface area contributed by atoms with Gasteiger partial charge in [0.25, 0.3) is 5.91 Å². The molecule has 3 amide bonds. The summed E-state index contributed by atoms with van der Waals surface area (Å²) in [5, 5.41) is 13.6. The van der Waals surface area contributed by atoms with Gasteiger partial charge in [-0.25, -0.2) is 13.6 Å². The Morgan fingerprint density at radius 1 is 1.16 bits per heavy atom. The van der Waals surface area contributed by atoms with Crippen LogP contribution in [0.3, 0.4) is 0 Å². The topological polar surface area (TPSA) is 136 Å². The fourth-order valence-corrected chi connectivity index (χ4v) is 4.61. The summed E-state index contributed by atoms with van der Waals surface area (Å²) < 4.78 is 41.1. The number of carbonyl (C=O) groups is 2. The summed E-state index contributed by atoms with van der Waals surface area (Å²) in [5.74, 6) is -3.98. The zero-order chi connectivity index (χ0) is 28.0. The largest absolute Gasteiger partial charge is 0.490 e. The maximum Gasteiger partial charge on any atom is 0.319 e. The van der Waals surface area contributed by atoms with E-state index in [2.05, 4.69) is 15.6 Å². The monoisotopic (exact) mass is 540 g/mol. The van der Waals surface area contributed by atoms with Crippen LogP contribution >= 0.6 is 11.6 Å². The number of anilines is 1. The van der Waals surface area contributed by atoms with Crippen molar-refractivity contribution in [1.82, 2.24) is 10.3 Å². The van der Waals surface area contributed by atoms with Gasteiger partial charge in [-0.05, 0) is 12.1 Å². The summed E-state index contributed by atoms with van der Waals surface area (Å²) in [5.41, 5.74) is 5.40. The summed E-state index contributed by atoms with van der Waals surface area (Å²) in [6.45, 7) is -0.388. The molecule has 1 aliphatic carbocycles. The first-order valence-corrected chi connectivity index (χ1v) is 12.1. The van der Waals surface area contributed by atoms with E-state index in [4.69, 9.17) is 31.9 Å². The second-order valence-electron chi connectivity index (χ2n) is 10.1. The van der Waals surface area contributed by atoms with Crippen LogP contribution in [0.5, 0.6) is 17.2 Å². The molecule has 16 heteroatoms. The average Bonchev–Trinajstić information content (AvgIpc) is 3.24. The number of carbonyl (C=O) groups excluding carboxylic acids is 2. The summed E-state index contributed by atoms with van der Waals surface area (Å²) in [6.07, 6.45) is 1.33. The van der Waals surface area contributed by atoms with Gasteiger partial charge in [0.15, 0.2) is 17.4 Å². The van der Waals surface area contributed by atoms with Crippen LogP contribution < -0.4 is 25.8 Å². The summed E-state index contributed by atoms with van der Waals surface area (Å²) in [4.78, 5) is 28.6. The van der Waals surface area contributed by atoms with E-state index in [1.54, 1.807) is 0 Å². The normalized spacial score (nSPS) is 15.6. The van der Waals surface area contributed by atoms with Crippen LogP contribution in [0.2, 0.25) is 15.5 Å². The highest BCUT2D eigenvalue weighted by Gasteiger charge is 2.63. The SMILES string of the molecule is BC1(B)C(NC(=O)Nc2cc(F)c(Oc3ccnc4cc(OCCO)c(C(N)=O)cc34)c(F)c2Cl)C1(B)B. The smallest absolute Gasteiger partial charge is 0.319 e. The van der Waals surface area contributed by atoms with Crippen LogP contribution in [-0.2, 0) is 0 Å². The van der Waals surface area contributed by atoms with Crippen molar-refractivity contribution in [3.63, 3.8) is 0 Å². The van der Waals surface area contributed by atoms with E-state index in [0.717, 1.165) is 6.07 Å². The molecule has 0 bridgehead atoms. The Bertz CT molecular complexity index is 1450. The lowest BCUT2D eigenvalue weighted by Crippen LogP contribution is -2.34. The Morgan fingerprint density at radius 2 is 1.84 bits per heavy atom. The quantitative estimate of drug-likeness (QED) is 0.229. The number of rotatable bonds is 8. The minimum atomic E-state index is -1.24. The van der Waals surface area contributed by atoms with Crippen LogP contribution in [0, 0.1) is 11.6 Å². The van der Waals surface area contributed by atoms with Crippen LogP contribution in [0.1, 0.15) is 10.4 Å². The predicted octanol–water partition coefficient (Wildman–Crippen LogP) is -0.303. The number of aromatic nitrogens is 1. The molecule has 0 aliphatic heterocycles. The maximum atomic E-state index is 15.2. The number of nitrogens with zero attached hydrogens (tertiary/aromatic N) is 1. The molecule has 5 N–H and O–H groups in total. The van der Waals surface area contributed by atoms with Gasteiger partial charge < -0.3 is 30.9 Å². The number of nitrogens with two attached hydrogens (primary N) is 1. The first-order valence-electron chi connectivity index (χ1n) is 11.7. The molecule has 194 valence electrons. The zero-order valence-electron chi connectivity index (χ0n) is 21.1. The number of aliphatic hydroxyl groups excluding tert-OH is 1. The highest BCUT2D eigenvalue weighted by Crippen LogP contribution is 2.67. The third kappa shape index (κ3) is 4.88. The number of hydrogen-bond donors (Lipinski definition) is 4. The molecular weight excluding hydrogens is 517 g/mol. The number of primary amides is 1. The number of aliphatic hydroxyl groups is 1. The Morgan fingerprint density at radius 3 is 2.45 bits per heavy atom. The average molecular weight is 540 g/mol. The molecule has 38 heavy (non-hydrogen) atoms. The lowest BCUT2D eigenvalue weighted by Gasteiger charge is -2.16. The van der Waals surface area contributed by atoms with Crippen molar-refractivity contribution in [3.05, 3.63) is 52.7 Å². The number of pyridine rings is 1. The van der Waals surface area contributed by atoms with Crippen molar-refractivity contribution in [3.8, 4) is 17.2 Å². The first kappa shape index (κ1) is 27.6. The van der Waals surface area contributed by atoms with Crippen LogP contribution in [0.25, 0.3) is 10.9 Å². The fraction of sp³-hybridized carbons (Fsp3) is 0.227. The van der Waals surface area contributed by atoms with E-state index in [9.17, 15) is 9.59 Å². The number of amides is 3. The molecule has 0 spiro atoms. The molecule has 1 saturated carbocycles. The molecule has 0 unspecified atom stereocenters. The maximum absolute atomic E-state index is 15.2. The number of nitrogens with one attached hydrogen (secondary N) is 2. The fourth-order valence-electron chi connectivity index (χ4n) is 4.42. The number of hydrogen-bond acceptors (Lipinski definition) is 6. The standard InChI is InChI=1S/C22H23B4ClF2N4O5/c23-21(24)19(22(21,25)26)33-20(36)32-12-6-10(28)17(16(29)15(12)27)38-13-1-2-31-11-7-14(37-4-3-34)9(18(30)35)5-8(11)13/h1-2,5-7,19,34H,3-4,23-26H2,(H2,30,35)(H2,32,33,36). The van der Waals surface area contributed by atoms with Crippen molar-refractivity contribution < 1.29 is 33.0 Å². The molecule has 1 heterocycles. The molecule has 0 saturated heterocycles. The number of ether oxygens (including phenoxy) is 2. The molecule has 1 fully saturated rings. The lowest BCUT2D eigenvalue weighted by atomic mass is 9.49. The van der Waals surface area contributed by atoms with Gasteiger partial charge in [-0.1, -0.05) is 22.0 Å². The summed E-state index contributed by atoms with van der Waals surface area (Å²) >= 11 is 6.12. The Kier molecular flexibility index (Phi) is 7.28.